The van der Waals surface area contributed by atoms with Gasteiger partial charge in [-0.1, -0.05) is 25.5 Å². The van der Waals surface area contributed by atoms with Gasteiger partial charge in [0.2, 0.25) is 5.95 Å². The maximum atomic E-state index is 13.8. The van der Waals surface area contributed by atoms with Crippen molar-refractivity contribution in [2.24, 2.45) is 0 Å². The maximum absolute atomic E-state index is 13.8. The van der Waals surface area contributed by atoms with E-state index >= 15 is 0 Å². The third kappa shape index (κ3) is 6.92. The first kappa shape index (κ1) is 28.7. The monoisotopic (exact) mass is 558 g/mol. The molecule has 0 aliphatic carbocycles. The summed E-state index contributed by atoms with van der Waals surface area (Å²) >= 11 is 0. The highest BCUT2D eigenvalue weighted by atomic mass is 19.1. The molecule has 3 heterocycles. The predicted molar refractivity (Wildman–Crippen MR) is 160 cm³/mol. The topological polar surface area (TPSA) is 77.3 Å². The van der Waals surface area contributed by atoms with Gasteiger partial charge in [-0.25, -0.2) is 19.3 Å². The fourth-order valence-corrected chi connectivity index (χ4v) is 5.40. The van der Waals surface area contributed by atoms with Crippen LogP contribution in [-0.4, -0.2) is 64.9 Å². The molecule has 9 heteroatoms. The molecule has 0 bridgehead atoms. The number of aryl methyl sites for hydroxylation is 1. The molecule has 41 heavy (non-hydrogen) atoms. The van der Waals surface area contributed by atoms with Crippen LogP contribution >= 0.6 is 0 Å². The summed E-state index contributed by atoms with van der Waals surface area (Å²) in [4.78, 5) is 16.9. The maximum Gasteiger partial charge on any atom is 0.223 e. The molecule has 0 radical (unpaired) electrons. The molecule has 0 saturated carbocycles. The van der Waals surface area contributed by atoms with Gasteiger partial charge in [0.25, 0.3) is 0 Å². The van der Waals surface area contributed by atoms with E-state index in [0.29, 0.717) is 12.6 Å². The smallest absolute Gasteiger partial charge is 0.223 e. The second-order valence-corrected chi connectivity index (χ2v) is 10.4. The highest BCUT2D eigenvalue weighted by molar-refractivity contribution is 5.78. The van der Waals surface area contributed by atoms with Crippen molar-refractivity contribution in [3.05, 3.63) is 78.0 Å². The molecule has 1 N–H and O–H groups in total. The van der Waals surface area contributed by atoms with Crippen LogP contribution in [0.4, 0.5) is 10.3 Å². The van der Waals surface area contributed by atoms with Gasteiger partial charge in [-0.2, -0.15) is 0 Å². The molecular formula is C32H39FN6O2. The van der Waals surface area contributed by atoms with E-state index in [9.17, 15) is 4.39 Å². The lowest BCUT2D eigenvalue weighted by Crippen LogP contribution is -2.32. The number of fused-ring (bicyclic) bond motifs is 1. The fourth-order valence-electron chi connectivity index (χ4n) is 5.40. The fraction of sp³-hybridized carbons (Fsp3) is 0.406. The van der Waals surface area contributed by atoms with E-state index in [1.165, 1.54) is 17.7 Å². The van der Waals surface area contributed by atoms with Crippen molar-refractivity contribution in [2.75, 3.05) is 45.8 Å². The van der Waals surface area contributed by atoms with Crippen molar-refractivity contribution in [1.82, 2.24) is 24.4 Å². The summed E-state index contributed by atoms with van der Waals surface area (Å²) in [6.07, 6.45) is 5.78. The lowest BCUT2D eigenvalue weighted by molar-refractivity contribution is 0.134. The minimum Gasteiger partial charge on any atom is -0.497 e. The van der Waals surface area contributed by atoms with E-state index in [1.807, 2.05) is 18.2 Å². The number of aromatic nitrogens is 4. The van der Waals surface area contributed by atoms with E-state index in [-0.39, 0.29) is 11.9 Å². The largest absolute Gasteiger partial charge is 0.497 e. The van der Waals surface area contributed by atoms with Crippen LogP contribution in [0.5, 0.6) is 5.75 Å². The lowest BCUT2D eigenvalue weighted by atomic mass is 10.1. The Morgan fingerprint density at radius 1 is 1.05 bits per heavy atom. The molecule has 1 aliphatic heterocycles. The Hall–Kier alpha value is -3.82. The third-order valence-electron chi connectivity index (χ3n) is 7.53. The van der Waals surface area contributed by atoms with Crippen LogP contribution in [-0.2, 0) is 17.7 Å². The van der Waals surface area contributed by atoms with E-state index in [0.717, 1.165) is 86.1 Å². The van der Waals surface area contributed by atoms with Gasteiger partial charge in [0.05, 0.1) is 30.8 Å². The number of rotatable bonds is 14. The van der Waals surface area contributed by atoms with Crippen LogP contribution < -0.4 is 10.1 Å². The van der Waals surface area contributed by atoms with Crippen LogP contribution in [0.3, 0.4) is 0 Å². The molecule has 0 fully saturated rings. The van der Waals surface area contributed by atoms with E-state index in [1.54, 1.807) is 32.5 Å². The molecule has 0 amide bonds. The number of methoxy groups -OCH3 is 2. The Bertz CT molecular complexity index is 1410. The zero-order chi connectivity index (χ0) is 28.6. The van der Waals surface area contributed by atoms with Crippen molar-refractivity contribution in [3.63, 3.8) is 0 Å². The molecule has 4 aromatic rings. The molecular weight excluding hydrogens is 519 g/mol. The first-order valence-corrected chi connectivity index (χ1v) is 14.4. The van der Waals surface area contributed by atoms with Gasteiger partial charge in [-0.3, -0.25) is 4.90 Å². The molecule has 216 valence electrons. The summed E-state index contributed by atoms with van der Waals surface area (Å²) in [5, 5.41) is 3.35. The molecule has 0 spiro atoms. The number of unbranched alkanes of at least 4 members (excludes halogenated alkanes) is 1. The summed E-state index contributed by atoms with van der Waals surface area (Å²) in [6.45, 7) is 6.06. The third-order valence-corrected chi connectivity index (χ3v) is 7.53. The standard InChI is InChI=1S/C32H39FN6O2/c1-4-5-17-34-32-35-18-16-28(36-32)31-30(24-8-10-25(33)11-9-24)37-29-15-12-26(39(29)31)22-38(19-20-40-2)21-23-6-13-27(41-3)14-7-23/h6-11,13-14,16,18,26H,4-5,12,15,17,19-22H2,1-3H3,(H,34,35,36). The van der Waals surface area contributed by atoms with Gasteiger partial charge in [-0.05, 0) is 60.9 Å². The molecule has 2 aromatic heterocycles. The van der Waals surface area contributed by atoms with Crippen molar-refractivity contribution in [2.45, 2.75) is 45.2 Å². The Kier molecular flexibility index (Phi) is 9.59. The van der Waals surface area contributed by atoms with Crippen molar-refractivity contribution in [1.29, 1.82) is 0 Å². The van der Waals surface area contributed by atoms with Crippen LogP contribution in [0.1, 0.15) is 43.6 Å². The van der Waals surface area contributed by atoms with Crippen LogP contribution in [0, 0.1) is 5.82 Å². The van der Waals surface area contributed by atoms with Crippen LogP contribution in [0.2, 0.25) is 0 Å². The van der Waals surface area contributed by atoms with E-state index in [4.69, 9.17) is 19.4 Å². The molecule has 1 unspecified atom stereocenters. The summed E-state index contributed by atoms with van der Waals surface area (Å²) in [6, 6.07) is 16.9. The van der Waals surface area contributed by atoms with E-state index in [2.05, 4.69) is 38.8 Å². The van der Waals surface area contributed by atoms with Crippen LogP contribution in [0.25, 0.3) is 22.6 Å². The second kappa shape index (κ2) is 13.7. The van der Waals surface area contributed by atoms with Gasteiger partial charge < -0.3 is 19.4 Å². The minimum atomic E-state index is -0.267. The number of benzene rings is 2. The summed E-state index contributed by atoms with van der Waals surface area (Å²) in [7, 11) is 3.42. The molecule has 1 atom stereocenters. The van der Waals surface area contributed by atoms with Gasteiger partial charge in [0, 0.05) is 57.5 Å². The second-order valence-electron chi connectivity index (χ2n) is 10.4. The number of anilines is 1. The normalized spacial score (nSPS) is 14.4. The minimum absolute atomic E-state index is 0.197. The van der Waals surface area contributed by atoms with E-state index < -0.39 is 0 Å². The number of hydrogen-bond acceptors (Lipinski definition) is 7. The highest BCUT2D eigenvalue weighted by Crippen LogP contribution is 2.39. The lowest BCUT2D eigenvalue weighted by Gasteiger charge is -2.27. The Labute approximate surface area is 241 Å². The van der Waals surface area contributed by atoms with Gasteiger partial charge in [0.15, 0.2) is 0 Å². The highest BCUT2D eigenvalue weighted by Gasteiger charge is 2.32. The Morgan fingerprint density at radius 2 is 1.85 bits per heavy atom. The predicted octanol–water partition coefficient (Wildman–Crippen LogP) is 6.00. The number of imidazole rings is 1. The Morgan fingerprint density at radius 3 is 2.59 bits per heavy atom. The summed E-state index contributed by atoms with van der Waals surface area (Å²) < 4.78 is 27.0. The molecule has 0 saturated heterocycles. The Balaban J connectivity index is 1.49. The first-order chi connectivity index (χ1) is 20.1. The number of halogens is 1. The number of hydrogen-bond donors (Lipinski definition) is 1. The molecule has 8 nitrogen and oxygen atoms in total. The van der Waals surface area contributed by atoms with Crippen LogP contribution in [0.15, 0.2) is 60.8 Å². The number of ether oxygens (including phenoxy) is 2. The molecule has 2 aromatic carbocycles. The quantitative estimate of drug-likeness (QED) is 0.190. The summed E-state index contributed by atoms with van der Waals surface area (Å²) in [5.74, 6) is 2.21. The number of nitrogens with zero attached hydrogens (tertiary/aromatic N) is 5. The molecule has 1 aliphatic rings. The molecule has 5 rings (SSSR count). The van der Waals surface area contributed by atoms with Crippen molar-refractivity contribution in [3.8, 4) is 28.4 Å². The van der Waals surface area contributed by atoms with Crippen molar-refractivity contribution < 1.29 is 13.9 Å². The van der Waals surface area contributed by atoms with Gasteiger partial charge >= 0.3 is 0 Å². The average molecular weight is 559 g/mol. The first-order valence-electron chi connectivity index (χ1n) is 14.4. The average Bonchev–Trinajstić information content (AvgIpc) is 3.57. The SMILES string of the molecule is CCCCNc1nccc(-c2c(-c3ccc(F)cc3)nc3n2C(CN(CCOC)Cc2ccc(OC)cc2)CC3)n1. The van der Waals surface area contributed by atoms with Crippen molar-refractivity contribution >= 4 is 5.95 Å². The zero-order valence-electron chi connectivity index (χ0n) is 24.1. The van der Waals surface area contributed by atoms with Gasteiger partial charge in [-0.15, -0.1) is 0 Å². The van der Waals surface area contributed by atoms with Gasteiger partial charge in [0.1, 0.15) is 17.4 Å². The number of nitrogens with one attached hydrogen (secondary N) is 1. The summed E-state index contributed by atoms with van der Waals surface area (Å²) in [5.41, 5.74) is 4.67. The zero-order valence-corrected chi connectivity index (χ0v) is 24.1.